The second kappa shape index (κ2) is 10.3. The van der Waals surface area contributed by atoms with Gasteiger partial charge in [0.2, 0.25) is 5.91 Å². The van der Waals surface area contributed by atoms with Gasteiger partial charge in [-0.15, -0.1) is 0 Å². The third kappa shape index (κ3) is 4.85. The maximum atomic E-state index is 13.6. The van der Waals surface area contributed by atoms with Crippen molar-refractivity contribution >= 4 is 52.4 Å². The Kier molecular flexibility index (Phi) is 6.73. The smallest absolute Gasteiger partial charge is 0.312 e. The molecule has 4 aromatic rings. The molecular formula is C31H30N4O3S. The number of carbonyl (C=O) groups excluding carboxylic acids is 2. The number of rotatable bonds is 8. The molecule has 0 unspecified atom stereocenters. The lowest BCUT2D eigenvalue weighted by atomic mass is 9.81. The Morgan fingerprint density at radius 3 is 2.62 bits per heavy atom. The number of esters is 1. The zero-order valence-corrected chi connectivity index (χ0v) is 22.6. The first kappa shape index (κ1) is 25.4. The maximum Gasteiger partial charge on any atom is 0.312 e. The first-order valence-corrected chi connectivity index (χ1v) is 14.1. The minimum atomic E-state index is -0.501. The van der Waals surface area contributed by atoms with Gasteiger partial charge in [-0.3, -0.25) is 19.7 Å². The van der Waals surface area contributed by atoms with Crippen molar-refractivity contribution in [3.63, 3.8) is 0 Å². The highest BCUT2D eigenvalue weighted by Gasteiger charge is 2.61. The van der Waals surface area contributed by atoms with E-state index >= 15 is 0 Å². The van der Waals surface area contributed by atoms with E-state index in [1.54, 1.807) is 18.0 Å². The molecule has 2 heterocycles. The molecule has 2 saturated carbocycles. The van der Waals surface area contributed by atoms with Gasteiger partial charge >= 0.3 is 5.97 Å². The predicted octanol–water partition coefficient (Wildman–Crippen LogP) is 6.73. The molecule has 39 heavy (non-hydrogen) atoms. The van der Waals surface area contributed by atoms with Crippen molar-refractivity contribution in [3.8, 4) is 0 Å². The van der Waals surface area contributed by atoms with Gasteiger partial charge in [-0.1, -0.05) is 30.0 Å². The average Bonchev–Trinajstić information content (AvgIpc) is 3.67. The Morgan fingerprint density at radius 1 is 1.03 bits per heavy atom. The van der Waals surface area contributed by atoms with Crippen molar-refractivity contribution in [1.29, 1.82) is 0 Å². The molecule has 2 bridgehead atoms. The van der Waals surface area contributed by atoms with Gasteiger partial charge in [0, 0.05) is 21.4 Å². The number of ether oxygens (including phenoxy) is 1. The van der Waals surface area contributed by atoms with Gasteiger partial charge in [-0.25, -0.2) is 0 Å². The van der Waals surface area contributed by atoms with Crippen LogP contribution < -0.4 is 5.32 Å². The van der Waals surface area contributed by atoms with Crippen molar-refractivity contribution in [1.82, 2.24) is 15.2 Å². The summed E-state index contributed by atoms with van der Waals surface area (Å²) < 4.78 is 5.35. The molecule has 2 aliphatic carbocycles. The van der Waals surface area contributed by atoms with Crippen LogP contribution in [0.25, 0.3) is 23.1 Å². The van der Waals surface area contributed by atoms with Gasteiger partial charge in [0.05, 0.1) is 40.0 Å². The lowest BCUT2D eigenvalue weighted by Crippen LogP contribution is -2.32. The number of nitrogens with one attached hydrogen (secondary N) is 2. The molecular weight excluding hydrogens is 508 g/mol. The monoisotopic (exact) mass is 538 g/mol. The number of aromatic amines is 1. The van der Waals surface area contributed by atoms with Crippen molar-refractivity contribution in [2.24, 2.45) is 10.8 Å². The summed E-state index contributed by atoms with van der Waals surface area (Å²) >= 11 is 1.60. The Balaban J connectivity index is 1.17. The summed E-state index contributed by atoms with van der Waals surface area (Å²) in [6.45, 7) is 2.20. The van der Waals surface area contributed by atoms with Gasteiger partial charge in [0.15, 0.2) is 0 Å². The van der Waals surface area contributed by atoms with Crippen LogP contribution in [0.15, 0.2) is 76.7 Å². The van der Waals surface area contributed by atoms with Crippen LogP contribution >= 0.6 is 11.8 Å². The largest absolute Gasteiger partial charge is 0.466 e. The van der Waals surface area contributed by atoms with Crippen LogP contribution in [0.4, 0.5) is 5.69 Å². The molecule has 0 radical (unpaired) electrons. The summed E-state index contributed by atoms with van der Waals surface area (Å²) in [6.07, 6.45) is 9.14. The summed E-state index contributed by atoms with van der Waals surface area (Å²) in [4.78, 5) is 32.5. The second-order valence-electron chi connectivity index (χ2n) is 10.4. The Bertz CT molecular complexity index is 1550. The van der Waals surface area contributed by atoms with Crippen LogP contribution in [0.2, 0.25) is 0 Å². The van der Waals surface area contributed by atoms with Crippen LogP contribution in [0.1, 0.15) is 50.4 Å². The second-order valence-corrected chi connectivity index (χ2v) is 11.5. The van der Waals surface area contributed by atoms with Gasteiger partial charge < -0.3 is 10.1 Å². The molecule has 2 aromatic heterocycles. The zero-order chi connectivity index (χ0) is 26.9. The summed E-state index contributed by atoms with van der Waals surface area (Å²) in [6, 6.07) is 19.9. The highest BCUT2D eigenvalue weighted by molar-refractivity contribution is 7.99. The van der Waals surface area contributed by atoms with E-state index in [4.69, 9.17) is 4.74 Å². The Hall–Kier alpha value is -3.91. The van der Waals surface area contributed by atoms with E-state index in [1.807, 2.05) is 61.5 Å². The number of H-pyrrole nitrogens is 1. The van der Waals surface area contributed by atoms with Gasteiger partial charge in [0.25, 0.3) is 0 Å². The van der Waals surface area contributed by atoms with Crippen molar-refractivity contribution < 1.29 is 14.3 Å². The molecule has 2 aliphatic rings. The van der Waals surface area contributed by atoms with Crippen LogP contribution in [-0.4, -0.2) is 33.7 Å². The van der Waals surface area contributed by atoms with Crippen LogP contribution in [-0.2, 0) is 14.3 Å². The van der Waals surface area contributed by atoms with E-state index < -0.39 is 10.8 Å². The molecule has 0 aliphatic heterocycles. The number of benzene rings is 2. The lowest BCUT2D eigenvalue weighted by Gasteiger charge is -2.26. The average molecular weight is 539 g/mol. The van der Waals surface area contributed by atoms with Gasteiger partial charge in [-0.05, 0) is 93.6 Å². The summed E-state index contributed by atoms with van der Waals surface area (Å²) in [7, 11) is 0. The number of hydrogen-bond donors (Lipinski definition) is 2. The van der Waals surface area contributed by atoms with Crippen LogP contribution in [0, 0.1) is 10.8 Å². The fourth-order valence-corrected chi connectivity index (χ4v) is 6.91. The van der Waals surface area contributed by atoms with Gasteiger partial charge in [0.1, 0.15) is 0 Å². The molecule has 7 nitrogen and oxygen atoms in total. The van der Waals surface area contributed by atoms with Gasteiger partial charge in [-0.2, -0.15) is 5.10 Å². The quantitative estimate of drug-likeness (QED) is 0.241. The normalized spacial score (nSPS) is 22.0. The van der Waals surface area contributed by atoms with E-state index in [9.17, 15) is 9.59 Å². The highest BCUT2D eigenvalue weighted by atomic mass is 32.2. The van der Waals surface area contributed by atoms with E-state index in [1.165, 1.54) is 0 Å². The van der Waals surface area contributed by atoms with Crippen LogP contribution in [0.5, 0.6) is 0 Å². The predicted molar refractivity (Wildman–Crippen MR) is 153 cm³/mol. The summed E-state index contributed by atoms with van der Waals surface area (Å²) in [5.74, 6) is -0.134. The first-order valence-electron chi connectivity index (χ1n) is 13.3. The SMILES string of the molecule is CCOC(=O)C12CCC(C(=O)Nc3ccccc3Sc3ccc4c(/C=C/c5ccccn5)n[nH]c4c3)(CC1)C2. The third-order valence-electron chi connectivity index (χ3n) is 8.06. The standard InChI is InChI=1S/C31H30N4O3S/c1-2-38-29(37)31-16-14-30(20-31,15-17-31)28(36)33-25-8-3-4-9-27(25)39-22-11-12-23-24(34-35-26(23)19-22)13-10-21-7-5-6-18-32-21/h3-13,18-19H,2,14-17,20H2,1H3,(H,33,36)(H,34,35)/b13-10+. The van der Waals surface area contributed by atoms with Crippen molar-refractivity contribution in [2.75, 3.05) is 11.9 Å². The Labute approximate surface area is 231 Å². The number of hydrogen-bond acceptors (Lipinski definition) is 6. The number of anilines is 1. The first-order chi connectivity index (χ1) is 19.0. The number of carbonyl (C=O) groups is 2. The lowest BCUT2D eigenvalue weighted by molar-refractivity contribution is -0.154. The topological polar surface area (TPSA) is 97.0 Å². The van der Waals surface area contributed by atoms with Crippen molar-refractivity contribution in [3.05, 3.63) is 78.2 Å². The number of amides is 1. The number of nitrogens with zero attached hydrogens (tertiary/aromatic N) is 2. The van der Waals surface area contributed by atoms with E-state index in [0.29, 0.717) is 13.0 Å². The molecule has 0 atom stereocenters. The van der Waals surface area contributed by atoms with E-state index in [2.05, 4.69) is 38.7 Å². The van der Waals surface area contributed by atoms with Crippen LogP contribution in [0.3, 0.4) is 0 Å². The van der Waals surface area contributed by atoms with E-state index in [0.717, 1.165) is 63.5 Å². The van der Waals surface area contributed by atoms with Crippen molar-refractivity contribution in [2.45, 2.75) is 48.8 Å². The molecule has 1 amide bonds. The molecule has 198 valence electrons. The maximum absolute atomic E-state index is 13.6. The number of aromatic nitrogens is 3. The number of fused-ring (bicyclic) bond motifs is 3. The fraction of sp³-hybridized carbons (Fsp3) is 0.290. The molecule has 6 rings (SSSR count). The highest BCUT2D eigenvalue weighted by Crippen LogP contribution is 2.62. The minimum absolute atomic E-state index is 0.00702. The number of para-hydroxylation sites is 1. The molecule has 8 heteroatoms. The molecule has 0 saturated heterocycles. The zero-order valence-electron chi connectivity index (χ0n) is 21.8. The molecule has 2 aromatic carbocycles. The molecule has 2 fully saturated rings. The third-order valence-corrected chi connectivity index (χ3v) is 9.12. The fourth-order valence-electron chi connectivity index (χ4n) is 5.97. The number of pyridine rings is 1. The molecule has 0 spiro atoms. The molecule has 2 N–H and O–H groups in total. The Morgan fingerprint density at radius 2 is 1.82 bits per heavy atom. The van der Waals surface area contributed by atoms with E-state index in [-0.39, 0.29) is 11.9 Å². The summed E-state index contributed by atoms with van der Waals surface area (Å²) in [5, 5.41) is 11.8. The summed E-state index contributed by atoms with van der Waals surface area (Å²) in [5.41, 5.74) is 2.46. The minimum Gasteiger partial charge on any atom is -0.466 e.